The second kappa shape index (κ2) is 4.76. The van der Waals surface area contributed by atoms with Gasteiger partial charge < -0.3 is 4.90 Å². The van der Waals surface area contributed by atoms with E-state index in [1.54, 1.807) is 6.07 Å². The smallest absolute Gasteiger partial charge is 0.264 e. The average molecular weight is 262 g/mol. The van der Waals surface area contributed by atoms with Gasteiger partial charge in [-0.05, 0) is 24.8 Å². The molecule has 1 unspecified atom stereocenters. The van der Waals surface area contributed by atoms with Crippen molar-refractivity contribution < 1.29 is 4.79 Å². The van der Waals surface area contributed by atoms with Crippen molar-refractivity contribution in [2.45, 2.75) is 11.7 Å². The third kappa shape index (κ3) is 2.49. The zero-order valence-electron chi connectivity index (χ0n) is 8.40. The third-order valence-electron chi connectivity index (χ3n) is 2.55. The molecule has 1 fully saturated rings. The number of carbonyl (C=O) groups excluding carboxylic acids is 1. The van der Waals surface area contributed by atoms with Gasteiger partial charge in [0.25, 0.3) is 5.91 Å². The van der Waals surface area contributed by atoms with Gasteiger partial charge in [-0.3, -0.25) is 4.79 Å². The van der Waals surface area contributed by atoms with Crippen molar-refractivity contribution in [2.24, 2.45) is 0 Å². The van der Waals surface area contributed by atoms with Crippen molar-refractivity contribution in [2.75, 3.05) is 19.3 Å². The number of likely N-dealkylation sites (tertiary alicyclic amines) is 1. The molecule has 82 valence electrons. The number of carbonyl (C=O) groups is 1. The molecule has 0 aliphatic carbocycles. The van der Waals surface area contributed by atoms with E-state index < -0.39 is 0 Å². The Balaban J connectivity index is 2.03. The first-order valence-electron chi connectivity index (χ1n) is 4.78. The maximum atomic E-state index is 12.0. The van der Waals surface area contributed by atoms with Crippen molar-refractivity contribution in [1.29, 1.82) is 0 Å². The lowest BCUT2D eigenvalue weighted by Gasteiger charge is -2.14. The molecule has 0 radical (unpaired) electrons. The molecule has 1 aromatic heterocycles. The maximum absolute atomic E-state index is 12.0. The van der Waals surface area contributed by atoms with Crippen molar-refractivity contribution in [3.63, 3.8) is 0 Å². The fraction of sp³-hybridized carbons (Fsp3) is 0.500. The normalized spacial score (nSPS) is 20.9. The molecular weight excluding hydrogens is 250 g/mol. The number of rotatable bonds is 2. The van der Waals surface area contributed by atoms with Crippen LogP contribution in [-0.4, -0.2) is 35.4 Å². The highest BCUT2D eigenvalue weighted by molar-refractivity contribution is 7.99. The Morgan fingerprint density at radius 2 is 2.47 bits per heavy atom. The van der Waals surface area contributed by atoms with Gasteiger partial charge in [0.05, 0.1) is 9.21 Å². The van der Waals surface area contributed by atoms with Gasteiger partial charge in [-0.2, -0.15) is 11.8 Å². The van der Waals surface area contributed by atoms with Crippen LogP contribution in [0.4, 0.5) is 0 Å². The van der Waals surface area contributed by atoms with Gasteiger partial charge in [-0.1, -0.05) is 11.6 Å². The molecule has 0 spiro atoms. The van der Waals surface area contributed by atoms with Crippen molar-refractivity contribution >= 4 is 40.6 Å². The molecule has 1 atom stereocenters. The van der Waals surface area contributed by atoms with E-state index in [4.69, 9.17) is 11.6 Å². The zero-order chi connectivity index (χ0) is 10.8. The van der Waals surface area contributed by atoms with Gasteiger partial charge >= 0.3 is 0 Å². The van der Waals surface area contributed by atoms with E-state index in [-0.39, 0.29) is 5.91 Å². The summed E-state index contributed by atoms with van der Waals surface area (Å²) in [6.45, 7) is 1.75. The van der Waals surface area contributed by atoms with Crippen LogP contribution in [0.2, 0.25) is 4.34 Å². The summed E-state index contributed by atoms with van der Waals surface area (Å²) in [4.78, 5) is 14.7. The summed E-state index contributed by atoms with van der Waals surface area (Å²) in [7, 11) is 0. The molecule has 2 heterocycles. The van der Waals surface area contributed by atoms with Crippen LogP contribution in [-0.2, 0) is 0 Å². The monoisotopic (exact) mass is 261 g/mol. The third-order valence-corrected chi connectivity index (χ3v) is 4.82. The summed E-state index contributed by atoms with van der Waals surface area (Å²) >= 11 is 9.01. The molecule has 1 saturated heterocycles. The highest BCUT2D eigenvalue weighted by Crippen LogP contribution is 2.26. The quantitative estimate of drug-likeness (QED) is 0.816. The molecule has 0 bridgehead atoms. The summed E-state index contributed by atoms with van der Waals surface area (Å²) in [6.07, 6.45) is 3.20. The molecule has 5 heteroatoms. The van der Waals surface area contributed by atoms with Gasteiger partial charge in [-0.25, -0.2) is 0 Å². The Hall–Kier alpha value is -0.190. The molecule has 1 amide bonds. The van der Waals surface area contributed by atoms with Crippen molar-refractivity contribution in [3.05, 3.63) is 21.3 Å². The summed E-state index contributed by atoms with van der Waals surface area (Å²) in [5, 5.41) is 0.601. The minimum atomic E-state index is 0.128. The molecular formula is C10H12ClNOS2. The topological polar surface area (TPSA) is 20.3 Å². The number of halogens is 1. The number of amides is 1. The van der Waals surface area contributed by atoms with E-state index in [1.807, 2.05) is 22.7 Å². The molecule has 15 heavy (non-hydrogen) atoms. The number of thiophene rings is 1. The van der Waals surface area contributed by atoms with Crippen LogP contribution < -0.4 is 0 Å². The second-order valence-electron chi connectivity index (χ2n) is 3.50. The van der Waals surface area contributed by atoms with E-state index >= 15 is 0 Å². The standard InChI is InChI=1S/C10H12ClNOS2/c1-14-7-4-5-12(6-7)10(13)8-2-3-9(11)15-8/h2-3,7H,4-6H2,1H3. The van der Waals surface area contributed by atoms with E-state index in [0.29, 0.717) is 9.59 Å². The average Bonchev–Trinajstić information content (AvgIpc) is 2.84. The fourth-order valence-corrected chi connectivity index (χ4v) is 3.37. The van der Waals surface area contributed by atoms with Gasteiger partial charge in [0, 0.05) is 18.3 Å². The van der Waals surface area contributed by atoms with Crippen LogP contribution >= 0.6 is 34.7 Å². The van der Waals surface area contributed by atoms with Crippen LogP contribution in [0.3, 0.4) is 0 Å². The van der Waals surface area contributed by atoms with Crippen LogP contribution in [0.1, 0.15) is 16.1 Å². The maximum Gasteiger partial charge on any atom is 0.264 e. The molecule has 0 N–H and O–H groups in total. The van der Waals surface area contributed by atoms with Gasteiger partial charge in [-0.15, -0.1) is 11.3 Å². The van der Waals surface area contributed by atoms with Gasteiger partial charge in [0.15, 0.2) is 0 Å². The highest BCUT2D eigenvalue weighted by Gasteiger charge is 2.26. The van der Waals surface area contributed by atoms with Gasteiger partial charge in [0.1, 0.15) is 0 Å². The highest BCUT2D eigenvalue weighted by atomic mass is 35.5. The predicted molar refractivity (Wildman–Crippen MR) is 67.2 cm³/mol. The van der Waals surface area contributed by atoms with Crippen molar-refractivity contribution in [1.82, 2.24) is 4.90 Å². The number of hydrogen-bond donors (Lipinski definition) is 0. The zero-order valence-corrected chi connectivity index (χ0v) is 10.8. The molecule has 0 saturated carbocycles. The van der Waals surface area contributed by atoms with E-state index in [0.717, 1.165) is 24.4 Å². The Morgan fingerprint density at radius 3 is 3.00 bits per heavy atom. The number of thioether (sulfide) groups is 1. The predicted octanol–water partition coefficient (Wildman–Crippen LogP) is 2.98. The first-order valence-corrected chi connectivity index (χ1v) is 7.26. The minimum Gasteiger partial charge on any atom is -0.337 e. The SMILES string of the molecule is CSC1CCN(C(=O)c2ccc(Cl)s2)C1. The molecule has 1 aliphatic rings. The molecule has 2 rings (SSSR count). The summed E-state index contributed by atoms with van der Waals surface area (Å²) in [5.41, 5.74) is 0. The lowest BCUT2D eigenvalue weighted by Crippen LogP contribution is -2.28. The lowest BCUT2D eigenvalue weighted by molar-refractivity contribution is 0.0798. The minimum absolute atomic E-state index is 0.128. The lowest BCUT2D eigenvalue weighted by atomic mass is 10.4. The number of nitrogens with zero attached hydrogens (tertiary/aromatic N) is 1. The van der Waals surface area contributed by atoms with E-state index in [9.17, 15) is 4.79 Å². The first kappa shape index (κ1) is 11.3. The van der Waals surface area contributed by atoms with E-state index in [2.05, 4.69) is 6.26 Å². The summed E-state index contributed by atoms with van der Waals surface area (Å²) in [5.74, 6) is 0.128. The van der Waals surface area contributed by atoms with Gasteiger partial charge in [0.2, 0.25) is 0 Å². The molecule has 1 aromatic rings. The van der Waals surface area contributed by atoms with Crippen LogP contribution in [0.25, 0.3) is 0 Å². The molecule has 1 aliphatic heterocycles. The van der Waals surface area contributed by atoms with Crippen LogP contribution in [0.15, 0.2) is 12.1 Å². The Morgan fingerprint density at radius 1 is 1.67 bits per heavy atom. The number of hydrogen-bond acceptors (Lipinski definition) is 3. The summed E-state index contributed by atoms with van der Waals surface area (Å²) < 4.78 is 0.680. The Kier molecular flexibility index (Phi) is 3.59. The van der Waals surface area contributed by atoms with Crippen LogP contribution in [0.5, 0.6) is 0 Å². The Bertz CT molecular complexity index is 366. The largest absolute Gasteiger partial charge is 0.337 e. The van der Waals surface area contributed by atoms with Crippen molar-refractivity contribution in [3.8, 4) is 0 Å². The Labute approximate surface area is 103 Å². The fourth-order valence-electron chi connectivity index (χ4n) is 1.69. The molecule has 0 aromatic carbocycles. The second-order valence-corrected chi connectivity index (χ2v) is 6.35. The van der Waals surface area contributed by atoms with Crippen LogP contribution in [0, 0.1) is 0 Å². The van der Waals surface area contributed by atoms with E-state index in [1.165, 1.54) is 11.3 Å². The first-order chi connectivity index (χ1) is 7.20. The molecule has 2 nitrogen and oxygen atoms in total. The summed E-state index contributed by atoms with van der Waals surface area (Å²) in [6, 6.07) is 3.59.